The van der Waals surface area contributed by atoms with Crippen LogP contribution in [0.1, 0.15) is 214 Å². The number of aromatic nitrogens is 22. The van der Waals surface area contributed by atoms with Crippen molar-refractivity contribution in [2.45, 2.75) is 228 Å². The fourth-order valence-corrected chi connectivity index (χ4v) is 12.2. The topological polar surface area (TPSA) is 284 Å². The van der Waals surface area contributed by atoms with Crippen molar-refractivity contribution in [3.63, 3.8) is 0 Å². The van der Waals surface area contributed by atoms with E-state index in [0.717, 1.165) is 154 Å². The number of hydrogen-bond donors (Lipinski definition) is 0. The van der Waals surface area contributed by atoms with Crippen LogP contribution in [0, 0.1) is 76.2 Å². The molecule has 22 heteroatoms. The number of pyridine rings is 20. The quantitative estimate of drug-likeness (QED) is 0.136. The van der Waals surface area contributed by atoms with Gasteiger partial charge in [0.25, 0.3) is 0 Å². The van der Waals surface area contributed by atoms with Crippen LogP contribution < -0.4 is 0 Å². The maximum atomic E-state index is 4.24. The summed E-state index contributed by atoms with van der Waals surface area (Å²) >= 11 is 0. The van der Waals surface area contributed by atoms with Crippen LogP contribution in [-0.4, -0.2) is 110 Å². The largest absolute Gasteiger partial charge is 0.264 e. The third kappa shape index (κ3) is 44.5. The molecule has 22 nitrogen and oxygen atoms in total. The van der Waals surface area contributed by atoms with Crippen LogP contribution in [0.4, 0.5) is 0 Å². The van der Waals surface area contributed by atoms with Crippen molar-refractivity contribution in [1.82, 2.24) is 110 Å². The lowest BCUT2D eigenvalue weighted by Crippen LogP contribution is -1.85. The Morgan fingerprint density at radius 3 is 1.15 bits per heavy atom. The van der Waals surface area contributed by atoms with Crippen LogP contribution in [-0.2, 0) is 0 Å². The molecule has 0 aliphatic rings. The van der Waals surface area contributed by atoms with E-state index in [0.29, 0.717) is 0 Å². The van der Waals surface area contributed by atoms with E-state index in [1.54, 1.807) is 93.1 Å². The summed E-state index contributed by atoms with van der Waals surface area (Å²) in [6.07, 6.45) is 46.9. The zero-order valence-electron chi connectivity index (χ0n) is 91.1. The number of benzene rings is 1. The average molecular weight is 1920 g/mol. The second kappa shape index (κ2) is 77.0. The third-order valence-electron chi connectivity index (χ3n) is 18.4. The summed E-state index contributed by atoms with van der Waals surface area (Å²) in [7, 11) is 0. The molecule has 0 fully saturated rings. The van der Waals surface area contributed by atoms with E-state index >= 15 is 0 Å². The third-order valence-corrected chi connectivity index (χ3v) is 18.4. The minimum Gasteiger partial charge on any atom is -0.264 e. The Bertz CT molecular complexity index is 6040. The Labute approximate surface area is 851 Å². The van der Waals surface area contributed by atoms with E-state index in [2.05, 4.69) is 128 Å². The molecular weight excluding hydrogens is 1760 g/mol. The molecule has 0 radical (unpaired) electrons. The van der Waals surface area contributed by atoms with Gasteiger partial charge in [-0.2, -0.15) is 0 Å². The van der Waals surface area contributed by atoms with E-state index in [1.165, 1.54) is 27.5 Å². The highest BCUT2D eigenvalue weighted by Gasteiger charge is 2.03. The summed E-state index contributed by atoms with van der Waals surface area (Å²) in [5, 5.41) is 14.8. The molecule has 0 atom stereocenters. The van der Waals surface area contributed by atoms with Gasteiger partial charge in [0, 0.05) is 248 Å². The van der Waals surface area contributed by atoms with Crippen LogP contribution in [0.2, 0.25) is 0 Å². The highest BCUT2D eigenvalue weighted by atomic mass is 14.8. The van der Waals surface area contributed by atoms with Gasteiger partial charge in [-0.05, 0) is 255 Å². The lowest BCUT2D eigenvalue weighted by atomic mass is 10.2. The van der Waals surface area contributed by atoms with Gasteiger partial charge >= 0.3 is 0 Å². The lowest BCUT2D eigenvalue weighted by molar-refractivity contribution is 1.15. The molecule has 21 heterocycles. The van der Waals surface area contributed by atoms with Gasteiger partial charge in [-0.15, -0.1) is 0 Å². The first kappa shape index (κ1) is 125. The summed E-state index contributed by atoms with van der Waals surface area (Å²) in [6, 6.07) is 57.6. The van der Waals surface area contributed by atoms with Crippen molar-refractivity contribution in [3.8, 4) is 0 Å². The van der Waals surface area contributed by atoms with E-state index in [9.17, 15) is 0 Å². The Morgan fingerprint density at radius 2 is 0.538 bits per heavy atom. The van der Waals surface area contributed by atoms with Crippen LogP contribution in [0.5, 0.6) is 0 Å². The molecule has 0 saturated heterocycles. The van der Waals surface area contributed by atoms with Crippen molar-refractivity contribution in [2.24, 2.45) is 0 Å². The SMILES string of the molecule is CC.CC.CC.CC.CC.CC.CC.CC.CC.CC.CC.Cc1cc2cnccc2cn1.Cc1cc2ncccc2cn1.Cc1cnc2cccnc2c1.Cc1cnc2ccncc2c1.Cc1cnc2cnccc2c1.Cc1cnc2ncccc2c1.Cc1nccc2cccnc12.Cc1nccc2ccncc12.Cc1nccc2cnccc12.Cc1nccc2ncccc12.Cc1ncnc2ccccc12. The first-order chi connectivity index (χ1) is 70.0. The lowest BCUT2D eigenvalue weighted by Gasteiger charge is -1.97. The number of hydrogen-bond acceptors (Lipinski definition) is 22. The van der Waals surface area contributed by atoms with E-state index in [-0.39, 0.29) is 0 Å². The molecule has 22 rings (SSSR count). The minimum atomic E-state index is 0.818. The standard InChI is InChI=1S/11C9H8N2.11C2H6/c1-7-9-3-4-10-6-8(9)2-5-11-7;1-7-9-6-10-4-2-8(9)3-5-11-7;1-7-4-9-5-10-3-2-8(9)6-11-7;1-7-4-8-6-10-3-2-9(8)11-5-7;1-7-4-8-2-3-10-6-9(8)11-5-7;1-7-8-3-2-5-11-9(8)4-6-10-7;1-7-9-8(4-6-10-7)3-2-5-11-9;1-7-5-9-8(6-11-7)3-2-4-10-9;1-7-5-9-8(11-6-7)3-2-4-10-9;1-7-5-8-3-2-4-10-9(8)11-6-7;1-7-8-4-2-3-5-9(8)11-6-10-7;11*1-2/h11*2-6H,1H3;11*1-2H3. The normalized spacial score (nSPS) is 9.15. The Hall–Kier alpha value is -15.8. The van der Waals surface area contributed by atoms with Gasteiger partial charge in [-0.3, -0.25) is 89.7 Å². The van der Waals surface area contributed by atoms with Gasteiger partial charge in [-0.1, -0.05) is 177 Å². The first-order valence-electron chi connectivity index (χ1n) is 49.9. The monoisotopic (exact) mass is 1920 g/mol. The van der Waals surface area contributed by atoms with Gasteiger partial charge in [0.15, 0.2) is 5.65 Å². The molecule has 0 aliphatic heterocycles. The van der Waals surface area contributed by atoms with Gasteiger partial charge in [0.2, 0.25) is 0 Å². The van der Waals surface area contributed by atoms with E-state index in [1.807, 2.05) is 454 Å². The summed E-state index contributed by atoms with van der Waals surface area (Å²) in [5.41, 5.74) is 20.6. The van der Waals surface area contributed by atoms with Crippen molar-refractivity contribution in [2.75, 3.05) is 0 Å². The molecule has 0 unspecified atom stereocenters. The Balaban J connectivity index is 0.000000771. The van der Waals surface area contributed by atoms with Crippen molar-refractivity contribution >= 4 is 120 Å². The maximum Gasteiger partial charge on any atom is 0.159 e. The smallest absolute Gasteiger partial charge is 0.159 e. The molecule has 0 bridgehead atoms. The summed E-state index contributed by atoms with van der Waals surface area (Å²) in [5.74, 6) is 0. The fraction of sp³-hybridized carbons (Fsp3) is 0.273. The molecule has 143 heavy (non-hydrogen) atoms. The van der Waals surface area contributed by atoms with Gasteiger partial charge in [-0.25, -0.2) is 19.9 Å². The van der Waals surface area contributed by atoms with E-state index in [4.69, 9.17) is 0 Å². The minimum absolute atomic E-state index is 0.818. The molecule has 22 aromatic rings. The fourth-order valence-electron chi connectivity index (χ4n) is 12.2. The summed E-state index contributed by atoms with van der Waals surface area (Å²) in [6.45, 7) is 66.0. The second-order valence-corrected chi connectivity index (χ2v) is 27.8. The number of para-hydroxylation sites is 1. The highest BCUT2D eigenvalue weighted by Crippen LogP contribution is 2.20. The van der Waals surface area contributed by atoms with Crippen molar-refractivity contribution < 1.29 is 0 Å². The van der Waals surface area contributed by atoms with Crippen LogP contribution >= 0.6 is 0 Å². The van der Waals surface area contributed by atoms with Crippen molar-refractivity contribution in [1.29, 1.82) is 0 Å². The zero-order chi connectivity index (χ0) is 106. The molecule has 0 aliphatic carbocycles. The Kier molecular flexibility index (Phi) is 67.4. The zero-order valence-corrected chi connectivity index (χ0v) is 91.1. The molecule has 0 saturated carbocycles. The maximum absolute atomic E-state index is 4.24. The number of fused-ring (bicyclic) bond motifs is 11. The average Bonchev–Trinajstić information content (AvgIpc) is 0.836. The summed E-state index contributed by atoms with van der Waals surface area (Å²) in [4.78, 5) is 91.1. The highest BCUT2D eigenvalue weighted by molar-refractivity contribution is 5.86. The number of nitrogens with zero attached hydrogens (tertiary/aromatic N) is 22. The molecule has 21 aromatic heterocycles. The number of aryl methyl sites for hydroxylation is 11. The van der Waals surface area contributed by atoms with Crippen LogP contribution in [0.3, 0.4) is 0 Å². The van der Waals surface area contributed by atoms with Gasteiger partial charge < -0.3 is 0 Å². The molecular formula is C121H154N22. The van der Waals surface area contributed by atoms with Crippen LogP contribution in [0.15, 0.2) is 337 Å². The first-order valence-corrected chi connectivity index (χ1v) is 49.9. The summed E-state index contributed by atoms with van der Waals surface area (Å²) < 4.78 is 0. The van der Waals surface area contributed by atoms with Gasteiger partial charge in [0.05, 0.1) is 56.0 Å². The predicted molar refractivity (Wildman–Crippen MR) is 612 cm³/mol. The molecule has 0 spiro atoms. The number of rotatable bonds is 0. The molecule has 748 valence electrons. The molecule has 0 amide bonds. The van der Waals surface area contributed by atoms with Crippen LogP contribution in [0.25, 0.3) is 120 Å². The van der Waals surface area contributed by atoms with Gasteiger partial charge in [0.1, 0.15) is 6.33 Å². The molecule has 1 aromatic carbocycles. The van der Waals surface area contributed by atoms with Crippen molar-refractivity contribution in [3.05, 3.63) is 399 Å². The Morgan fingerprint density at radius 1 is 0.154 bits per heavy atom. The molecule has 0 N–H and O–H groups in total. The van der Waals surface area contributed by atoms with E-state index < -0.39 is 0 Å². The second-order valence-electron chi connectivity index (χ2n) is 27.8. The predicted octanol–water partition coefficient (Wildman–Crippen LogP) is 32.6.